The van der Waals surface area contributed by atoms with Crippen LogP contribution in [0.1, 0.15) is 28.5 Å². The fraction of sp³-hybridized carbons (Fsp3) is 0.286. The Balaban J connectivity index is 1.86. The number of nitrogens with zero attached hydrogens (tertiary/aromatic N) is 1. The lowest BCUT2D eigenvalue weighted by Crippen LogP contribution is -2.08. The van der Waals surface area contributed by atoms with Gasteiger partial charge in [-0.2, -0.15) is 0 Å². The van der Waals surface area contributed by atoms with Gasteiger partial charge in [0, 0.05) is 15.0 Å². The van der Waals surface area contributed by atoms with E-state index >= 15 is 0 Å². The molecule has 2 N–H and O–H groups in total. The van der Waals surface area contributed by atoms with Crippen molar-refractivity contribution in [3.05, 3.63) is 38.8 Å². The summed E-state index contributed by atoms with van der Waals surface area (Å²) in [6, 6.07) is 6.05. The fourth-order valence-electron chi connectivity index (χ4n) is 2.45. The van der Waals surface area contributed by atoms with E-state index in [1.807, 2.05) is 25.1 Å². The molecular weight excluding hydrogens is 340 g/mol. The highest BCUT2D eigenvalue weighted by molar-refractivity contribution is 9.10. The molecule has 0 spiro atoms. The van der Waals surface area contributed by atoms with E-state index in [4.69, 9.17) is 5.11 Å². The molecule has 0 bridgehead atoms. The van der Waals surface area contributed by atoms with Crippen LogP contribution in [0.25, 0.3) is 0 Å². The maximum absolute atomic E-state index is 11.2. The van der Waals surface area contributed by atoms with Crippen molar-refractivity contribution in [3.63, 3.8) is 0 Å². The molecule has 0 saturated heterocycles. The number of hydrogen-bond acceptors (Lipinski definition) is 4. The van der Waals surface area contributed by atoms with Crippen LogP contribution < -0.4 is 5.32 Å². The molecule has 4 nitrogen and oxygen atoms in total. The number of aliphatic carboxylic acids is 1. The van der Waals surface area contributed by atoms with Crippen molar-refractivity contribution in [3.8, 4) is 0 Å². The number of aromatic nitrogens is 1. The molecule has 2 aromatic rings. The smallest absolute Gasteiger partial charge is 0.312 e. The molecule has 1 aromatic heterocycles. The predicted molar refractivity (Wildman–Crippen MR) is 83.0 cm³/mol. The standard InChI is InChI=1S/C14H13BrN2O2S/c1-7-4-8(15)6-9(5-7)16-14-17-12-10(13(18)19)2-3-11(12)20-14/h4-6,10H,2-3H2,1H3,(H,16,17)(H,18,19). The summed E-state index contributed by atoms with van der Waals surface area (Å²) in [5.41, 5.74) is 2.84. The minimum absolute atomic E-state index is 0.443. The van der Waals surface area contributed by atoms with E-state index in [0.717, 1.165) is 37.8 Å². The van der Waals surface area contributed by atoms with E-state index in [0.29, 0.717) is 6.42 Å². The first-order valence-electron chi connectivity index (χ1n) is 6.29. The van der Waals surface area contributed by atoms with Crippen LogP contribution in [0.4, 0.5) is 10.8 Å². The summed E-state index contributed by atoms with van der Waals surface area (Å²) < 4.78 is 1.01. The first kappa shape index (κ1) is 13.6. The van der Waals surface area contributed by atoms with Gasteiger partial charge in [0.2, 0.25) is 0 Å². The Morgan fingerprint density at radius 1 is 1.50 bits per heavy atom. The van der Waals surface area contributed by atoms with Gasteiger partial charge in [-0.05, 0) is 43.5 Å². The second-order valence-corrected chi connectivity index (χ2v) is 6.90. The molecule has 104 valence electrons. The minimum Gasteiger partial charge on any atom is -0.481 e. The van der Waals surface area contributed by atoms with Gasteiger partial charge in [0.1, 0.15) is 5.92 Å². The Hall–Kier alpha value is -1.40. The number of carboxylic acids is 1. The third-order valence-corrected chi connectivity index (χ3v) is 4.81. The van der Waals surface area contributed by atoms with Crippen molar-refractivity contribution in [1.82, 2.24) is 4.98 Å². The van der Waals surface area contributed by atoms with Gasteiger partial charge in [-0.15, -0.1) is 11.3 Å². The van der Waals surface area contributed by atoms with Crippen LogP contribution in [0.5, 0.6) is 0 Å². The number of carboxylic acid groups (broad SMARTS) is 1. The molecule has 1 aromatic carbocycles. The van der Waals surface area contributed by atoms with Crippen molar-refractivity contribution in [2.75, 3.05) is 5.32 Å². The topological polar surface area (TPSA) is 62.2 Å². The molecule has 3 rings (SSSR count). The van der Waals surface area contributed by atoms with E-state index < -0.39 is 11.9 Å². The number of thiazole rings is 1. The van der Waals surface area contributed by atoms with Crippen LogP contribution >= 0.6 is 27.3 Å². The third kappa shape index (κ3) is 2.58. The Morgan fingerprint density at radius 2 is 2.30 bits per heavy atom. The number of benzene rings is 1. The SMILES string of the molecule is Cc1cc(Br)cc(Nc2nc3c(s2)CCC3C(=O)O)c1. The minimum atomic E-state index is -0.779. The maximum Gasteiger partial charge on any atom is 0.312 e. The summed E-state index contributed by atoms with van der Waals surface area (Å²) >= 11 is 5.01. The highest BCUT2D eigenvalue weighted by Gasteiger charge is 2.32. The molecule has 1 atom stereocenters. The lowest BCUT2D eigenvalue weighted by Gasteiger charge is -2.06. The average Bonchev–Trinajstić information content (AvgIpc) is 2.85. The van der Waals surface area contributed by atoms with Gasteiger partial charge in [-0.25, -0.2) is 4.98 Å². The zero-order chi connectivity index (χ0) is 14.3. The van der Waals surface area contributed by atoms with Gasteiger partial charge < -0.3 is 10.4 Å². The van der Waals surface area contributed by atoms with Crippen LogP contribution in [-0.4, -0.2) is 16.1 Å². The Kier molecular flexibility index (Phi) is 3.52. The summed E-state index contributed by atoms with van der Waals surface area (Å²) in [7, 11) is 0. The number of fused-ring (bicyclic) bond motifs is 1. The van der Waals surface area contributed by atoms with Crippen molar-refractivity contribution < 1.29 is 9.90 Å². The van der Waals surface area contributed by atoms with Crippen LogP contribution in [0, 0.1) is 6.92 Å². The Labute approximate surface area is 129 Å². The normalized spacial score (nSPS) is 17.0. The molecular formula is C14H13BrN2O2S. The first-order chi connectivity index (χ1) is 9.52. The molecule has 1 aliphatic carbocycles. The van der Waals surface area contributed by atoms with Gasteiger partial charge >= 0.3 is 5.97 Å². The van der Waals surface area contributed by atoms with Crippen LogP contribution in [-0.2, 0) is 11.2 Å². The van der Waals surface area contributed by atoms with Crippen molar-refractivity contribution >= 4 is 44.1 Å². The summed E-state index contributed by atoms with van der Waals surface area (Å²) in [4.78, 5) is 16.7. The molecule has 6 heteroatoms. The quantitative estimate of drug-likeness (QED) is 0.873. The lowest BCUT2D eigenvalue weighted by molar-refractivity contribution is -0.138. The van der Waals surface area contributed by atoms with Gasteiger partial charge in [0.25, 0.3) is 0 Å². The van der Waals surface area contributed by atoms with Crippen molar-refractivity contribution in [1.29, 1.82) is 0 Å². The molecule has 1 heterocycles. The van der Waals surface area contributed by atoms with Gasteiger partial charge in [-0.3, -0.25) is 4.79 Å². The van der Waals surface area contributed by atoms with Crippen molar-refractivity contribution in [2.24, 2.45) is 0 Å². The number of rotatable bonds is 3. The lowest BCUT2D eigenvalue weighted by atomic mass is 10.1. The zero-order valence-corrected chi connectivity index (χ0v) is 13.2. The molecule has 1 unspecified atom stereocenters. The molecule has 0 fully saturated rings. The van der Waals surface area contributed by atoms with Gasteiger partial charge in [0.05, 0.1) is 5.69 Å². The molecule has 20 heavy (non-hydrogen) atoms. The maximum atomic E-state index is 11.2. The second kappa shape index (κ2) is 5.18. The van der Waals surface area contributed by atoms with E-state index in [1.54, 1.807) is 11.3 Å². The summed E-state index contributed by atoms with van der Waals surface area (Å²) in [6.07, 6.45) is 1.48. The number of halogens is 1. The Bertz CT molecular complexity index is 664. The van der Waals surface area contributed by atoms with E-state index in [1.165, 1.54) is 0 Å². The second-order valence-electron chi connectivity index (χ2n) is 4.90. The Morgan fingerprint density at radius 3 is 3.00 bits per heavy atom. The number of hydrogen-bond donors (Lipinski definition) is 2. The van der Waals surface area contributed by atoms with Gasteiger partial charge in [0.15, 0.2) is 5.13 Å². The van der Waals surface area contributed by atoms with Crippen LogP contribution in [0.15, 0.2) is 22.7 Å². The van der Waals surface area contributed by atoms with E-state index in [2.05, 4.69) is 26.2 Å². The number of anilines is 2. The molecule has 0 amide bonds. The summed E-state index contributed by atoms with van der Waals surface area (Å²) in [5, 5.41) is 13.2. The number of nitrogens with one attached hydrogen (secondary N) is 1. The highest BCUT2D eigenvalue weighted by Crippen LogP contribution is 2.39. The molecule has 0 radical (unpaired) electrons. The molecule has 0 aliphatic heterocycles. The number of aryl methyl sites for hydroxylation is 2. The van der Waals surface area contributed by atoms with Crippen LogP contribution in [0.2, 0.25) is 0 Å². The molecule has 0 saturated carbocycles. The highest BCUT2D eigenvalue weighted by atomic mass is 79.9. The number of carbonyl (C=O) groups is 1. The first-order valence-corrected chi connectivity index (χ1v) is 7.90. The van der Waals surface area contributed by atoms with E-state index in [-0.39, 0.29) is 0 Å². The largest absolute Gasteiger partial charge is 0.481 e. The van der Waals surface area contributed by atoms with E-state index in [9.17, 15) is 4.79 Å². The van der Waals surface area contributed by atoms with Crippen molar-refractivity contribution in [2.45, 2.75) is 25.7 Å². The van der Waals surface area contributed by atoms with Crippen LogP contribution in [0.3, 0.4) is 0 Å². The summed E-state index contributed by atoms with van der Waals surface area (Å²) in [5.74, 6) is -1.22. The zero-order valence-electron chi connectivity index (χ0n) is 10.8. The predicted octanol–water partition coefficient (Wildman–Crippen LogP) is 4.07. The fourth-order valence-corrected chi connectivity index (χ4v) is 4.12. The van der Waals surface area contributed by atoms with Gasteiger partial charge in [-0.1, -0.05) is 15.9 Å². The summed E-state index contributed by atoms with van der Waals surface area (Å²) in [6.45, 7) is 2.03. The molecule has 1 aliphatic rings. The third-order valence-electron chi connectivity index (χ3n) is 3.31. The average molecular weight is 353 g/mol. The monoisotopic (exact) mass is 352 g/mol.